The first kappa shape index (κ1) is 30.0. The third kappa shape index (κ3) is 7.00. The van der Waals surface area contributed by atoms with Crippen LogP contribution in [0.1, 0.15) is 40.4 Å². The Hall–Kier alpha value is -5.00. The third-order valence-electron chi connectivity index (χ3n) is 6.77. The lowest BCUT2D eigenvalue weighted by molar-refractivity contribution is -0.138. The Kier molecular flexibility index (Phi) is 9.35. The quantitative estimate of drug-likeness (QED) is 0.364. The fraction of sp³-hybridized carbons (Fsp3) is 0.267. The van der Waals surface area contributed by atoms with Crippen LogP contribution in [0.3, 0.4) is 0 Å². The predicted octanol–water partition coefficient (Wildman–Crippen LogP) is 4.32. The number of amides is 4. The average molecular weight is 581 g/mol. The summed E-state index contributed by atoms with van der Waals surface area (Å²) in [5, 5.41) is 14.6. The van der Waals surface area contributed by atoms with Crippen molar-refractivity contribution in [3.05, 3.63) is 95.1 Å². The van der Waals surface area contributed by atoms with Crippen LogP contribution < -0.4 is 15.4 Å². The molecule has 1 fully saturated rings. The first-order valence-corrected chi connectivity index (χ1v) is 13.1. The van der Waals surface area contributed by atoms with Gasteiger partial charge in [0, 0.05) is 24.7 Å². The maximum atomic E-state index is 14.4. The van der Waals surface area contributed by atoms with E-state index in [-0.39, 0.29) is 30.8 Å². The fourth-order valence-corrected chi connectivity index (χ4v) is 4.79. The molecule has 2 unspecified atom stereocenters. The van der Waals surface area contributed by atoms with Crippen molar-refractivity contribution >= 4 is 29.5 Å². The van der Waals surface area contributed by atoms with Crippen LogP contribution >= 0.6 is 0 Å². The summed E-state index contributed by atoms with van der Waals surface area (Å²) in [6.45, 7) is 1.93. The summed E-state index contributed by atoms with van der Waals surface area (Å²) in [5.41, 5.74) is 1.24. The number of methoxy groups -OCH3 is 1. The number of aryl methyl sites for hydroxylation is 1. The molecule has 12 heteroatoms. The zero-order valence-corrected chi connectivity index (χ0v) is 23.0. The second-order valence-corrected chi connectivity index (χ2v) is 9.78. The summed E-state index contributed by atoms with van der Waals surface area (Å²) in [5.74, 6) is -4.02. The van der Waals surface area contributed by atoms with Gasteiger partial charge >= 0.3 is 12.0 Å². The molecule has 4 rings (SSSR count). The van der Waals surface area contributed by atoms with Gasteiger partial charge in [-0.15, -0.1) is 0 Å². The van der Waals surface area contributed by atoms with Crippen LogP contribution in [0.15, 0.2) is 66.7 Å². The van der Waals surface area contributed by atoms with Crippen molar-refractivity contribution in [3.63, 3.8) is 0 Å². The summed E-state index contributed by atoms with van der Waals surface area (Å²) in [7, 11) is 1.44. The van der Waals surface area contributed by atoms with Crippen molar-refractivity contribution in [2.75, 3.05) is 25.5 Å². The monoisotopic (exact) mass is 580 g/mol. The molecule has 1 aliphatic rings. The van der Waals surface area contributed by atoms with Gasteiger partial charge in [-0.05, 0) is 49.2 Å². The van der Waals surface area contributed by atoms with E-state index in [1.54, 1.807) is 30.3 Å². The minimum atomic E-state index is -1.53. The third-order valence-corrected chi connectivity index (χ3v) is 6.77. The zero-order valence-electron chi connectivity index (χ0n) is 23.0. The number of benzene rings is 3. The van der Waals surface area contributed by atoms with E-state index in [0.29, 0.717) is 17.4 Å². The van der Waals surface area contributed by atoms with Gasteiger partial charge < -0.3 is 25.4 Å². The molecule has 42 heavy (non-hydrogen) atoms. The van der Waals surface area contributed by atoms with E-state index in [4.69, 9.17) is 4.74 Å². The van der Waals surface area contributed by atoms with Gasteiger partial charge in [0.25, 0.3) is 11.8 Å². The van der Waals surface area contributed by atoms with Gasteiger partial charge in [0.2, 0.25) is 0 Å². The summed E-state index contributed by atoms with van der Waals surface area (Å²) >= 11 is 0. The van der Waals surface area contributed by atoms with Crippen LogP contribution in [-0.4, -0.2) is 65.1 Å². The highest BCUT2D eigenvalue weighted by molar-refractivity contribution is 6.00. The number of rotatable bonds is 8. The zero-order chi connectivity index (χ0) is 30.4. The van der Waals surface area contributed by atoms with Crippen LogP contribution in [0.2, 0.25) is 0 Å². The Morgan fingerprint density at radius 2 is 1.74 bits per heavy atom. The average Bonchev–Trinajstić information content (AvgIpc) is 2.97. The van der Waals surface area contributed by atoms with E-state index >= 15 is 0 Å². The molecule has 0 spiro atoms. The lowest BCUT2D eigenvalue weighted by Gasteiger charge is -2.43. The normalized spacial score (nSPS) is 15.5. The first-order valence-electron chi connectivity index (χ1n) is 13.1. The Balaban J connectivity index is 1.70. The topological polar surface area (TPSA) is 128 Å². The number of anilines is 1. The molecule has 0 radical (unpaired) electrons. The van der Waals surface area contributed by atoms with Gasteiger partial charge in [0.1, 0.15) is 17.4 Å². The van der Waals surface area contributed by atoms with Crippen LogP contribution in [0.4, 0.5) is 19.3 Å². The van der Waals surface area contributed by atoms with Crippen molar-refractivity contribution < 1.29 is 37.8 Å². The summed E-state index contributed by atoms with van der Waals surface area (Å²) in [4.78, 5) is 55.0. The second kappa shape index (κ2) is 13.1. The van der Waals surface area contributed by atoms with Crippen LogP contribution in [-0.2, 0) is 9.59 Å². The number of carboxylic acids is 1. The highest BCUT2D eigenvalue weighted by Gasteiger charge is 2.41. The molecule has 3 N–H and O–H groups in total. The molecule has 0 aromatic heterocycles. The summed E-state index contributed by atoms with van der Waals surface area (Å²) in [6, 6.07) is 13.9. The number of nitrogens with one attached hydrogen (secondary N) is 2. The van der Waals surface area contributed by atoms with Gasteiger partial charge in [-0.2, -0.15) is 0 Å². The predicted molar refractivity (Wildman–Crippen MR) is 149 cm³/mol. The van der Waals surface area contributed by atoms with Crippen molar-refractivity contribution in [3.8, 4) is 5.75 Å². The smallest absolute Gasteiger partial charge is 0.323 e. The van der Waals surface area contributed by atoms with E-state index in [1.807, 2.05) is 13.0 Å². The number of halogens is 2. The van der Waals surface area contributed by atoms with Gasteiger partial charge in [-0.3, -0.25) is 19.3 Å². The van der Waals surface area contributed by atoms with Crippen molar-refractivity contribution in [2.45, 2.75) is 32.0 Å². The van der Waals surface area contributed by atoms with Crippen molar-refractivity contribution in [1.82, 2.24) is 15.1 Å². The van der Waals surface area contributed by atoms with Crippen LogP contribution in [0.25, 0.3) is 0 Å². The second-order valence-electron chi connectivity index (χ2n) is 9.78. The van der Waals surface area contributed by atoms with E-state index < -0.39 is 54.1 Å². The Labute approximate surface area is 240 Å². The number of carbonyl (C=O) groups is 4. The number of hydrogen-bond donors (Lipinski definition) is 3. The maximum absolute atomic E-state index is 14.4. The Morgan fingerprint density at radius 1 is 1.00 bits per heavy atom. The molecule has 0 bridgehead atoms. The molecule has 220 valence electrons. The van der Waals surface area contributed by atoms with Crippen LogP contribution in [0, 0.1) is 18.6 Å². The Bertz CT molecular complexity index is 1500. The van der Waals surface area contributed by atoms with E-state index in [0.717, 1.165) is 22.6 Å². The maximum Gasteiger partial charge on any atom is 0.323 e. The van der Waals surface area contributed by atoms with E-state index in [1.165, 1.54) is 24.1 Å². The number of hydrogen-bond acceptors (Lipinski definition) is 5. The largest absolute Gasteiger partial charge is 0.497 e. The van der Waals surface area contributed by atoms with E-state index in [2.05, 4.69) is 10.6 Å². The Morgan fingerprint density at radius 3 is 2.43 bits per heavy atom. The number of ether oxygens (including phenoxy) is 1. The summed E-state index contributed by atoms with van der Waals surface area (Å²) < 4.78 is 33.0. The molecule has 3 aromatic rings. The van der Waals surface area contributed by atoms with Gasteiger partial charge in [0.15, 0.2) is 6.17 Å². The molecule has 2 atom stereocenters. The number of urea groups is 1. The standard InChI is InChI=1S/C30H30F2N4O6/c1-18-6-3-7-19(14-18)25(17-26(37)38)33-27(39)28-35(29(40)20-8-4-9-22(15-20)42-2)12-5-13-36(28)30(41)34-24-11-10-21(31)16-23(24)32/h3-4,6-11,14-16,25,28H,5,12-13,17H2,1-2H3,(H,33,39)(H,34,41)(H,37,38). The minimum Gasteiger partial charge on any atom is -0.497 e. The van der Waals surface area contributed by atoms with Crippen molar-refractivity contribution in [1.29, 1.82) is 0 Å². The highest BCUT2D eigenvalue weighted by Crippen LogP contribution is 2.25. The molecule has 10 nitrogen and oxygen atoms in total. The molecular formula is C30H30F2N4O6. The number of aliphatic carboxylic acids is 1. The SMILES string of the molecule is COc1cccc(C(=O)N2CCCN(C(=O)Nc3ccc(F)cc3F)C2C(=O)NC(CC(=O)O)c2cccc(C)c2)c1. The van der Waals surface area contributed by atoms with Crippen LogP contribution in [0.5, 0.6) is 5.75 Å². The number of carbonyl (C=O) groups excluding carboxylic acids is 3. The first-order chi connectivity index (χ1) is 20.1. The molecule has 1 saturated heterocycles. The number of nitrogens with zero attached hydrogens (tertiary/aromatic N) is 2. The van der Waals surface area contributed by atoms with Crippen molar-refractivity contribution in [2.24, 2.45) is 0 Å². The molecular weight excluding hydrogens is 550 g/mol. The van der Waals surface area contributed by atoms with Gasteiger partial charge in [0.05, 0.1) is 25.3 Å². The molecule has 3 aromatic carbocycles. The summed E-state index contributed by atoms with van der Waals surface area (Å²) in [6.07, 6.45) is -1.70. The lowest BCUT2D eigenvalue weighted by atomic mass is 10.0. The molecule has 0 aliphatic carbocycles. The van der Waals surface area contributed by atoms with Gasteiger partial charge in [-0.1, -0.05) is 35.9 Å². The number of carboxylic acid groups (broad SMARTS) is 1. The molecule has 1 aliphatic heterocycles. The van der Waals surface area contributed by atoms with Gasteiger partial charge in [-0.25, -0.2) is 13.6 Å². The lowest BCUT2D eigenvalue weighted by Crippen LogP contribution is -2.64. The molecule has 1 heterocycles. The molecule has 0 saturated carbocycles. The molecule has 4 amide bonds. The minimum absolute atomic E-state index is 0.0165. The highest BCUT2D eigenvalue weighted by atomic mass is 19.1. The van der Waals surface area contributed by atoms with E-state index in [9.17, 15) is 33.1 Å². The fourth-order valence-electron chi connectivity index (χ4n) is 4.79.